The predicted octanol–water partition coefficient (Wildman–Crippen LogP) is 1.72. The molecule has 0 unspecified atom stereocenters. The number of halogens is 1. The monoisotopic (exact) mass is 348 g/mol. The molecule has 5 nitrogen and oxygen atoms in total. The number of carbonyl (C=O) groups is 1. The maximum Gasteiger partial charge on any atom is 0.221 e. The Hall–Kier alpha value is -1.08. The van der Waals surface area contributed by atoms with E-state index >= 15 is 0 Å². The van der Waals surface area contributed by atoms with Gasteiger partial charge in [0.25, 0.3) is 0 Å². The standard InChI is InChI=1S/C12H17BrN2O3S/c1-8(2)15-12(16)5-6-19(17,18)11-4-3-9(14)7-10(11)13/h3-4,7-8H,5-6,14H2,1-2H3,(H,15,16). The minimum absolute atomic E-state index is 0.00142. The van der Waals surface area contributed by atoms with E-state index < -0.39 is 9.84 Å². The van der Waals surface area contributed by atoms with Crippen LogP contribution in [0, 0.1) is 0 Å². The summed E-state index contributed by atoms with van der Waals surface area (Å²) in [6.07, 6.45) is -0.0582. The predicted molar refractivity (Wildman–Crippen MR) is 78.5 cm³/mol. The Morgan fingerprint density at radius 2 is 2.05 bits per heavy atom. The van der Waals surface area contributed by atoms with Gasteiger partial charge in [0.2, 0.25) is 5.91 Å². The van der Waals surface area contributed by atoms with Gasteiger partial charge >= 0.3 is 0 Å². The van der Waals surface area contributed by atoms with E-state index in [0.717, 1.165) is 0 Å². The minimum atomic E-state index is -3.50. The van der Waals surface area contributed by atoms with Gasteiger partial charge in [0, 0.05) is 22.6 Å². The van der Waals surface area contributed by atoms with E-state index in [1.54, 1.807) is 0 Å². The number of sulfone groups is 1. The number of nitrogen functional groups attached to an aromatic ring is 1. The van der Waals surface area contributed by atoms with E-state index in [4.69, 9.17) is 5.73 Å². The van der Waals surface area contributed by atoms with Gasteiger partial charge in [-0.25, -0.2) is 8.42 Å². The first-order valence-electron chi connectivity index (χ1n) is 5.79. The summed E-state index contributed by atoms with van der Waals surface area (Å²) in [4.78, 5) is 11.6. The zero-order valence-electron chi connectivity index (χ0n) is 10.8. The maximum absolute atomic E-state index is 12.1. The van der Waals surface area contributed by atoms with Crippen LogP contribution in [0.5, 0.6) is 0 Å². The summed E-state index contributed by atoms with van der Waals surface area (Å²) in [7, 11) is -3.50. The van der Waals surface area contributed by atoms with Gasteiger partial charge in [-0.1, -0.05) is 0 Å². The number of nitrogens with one attached hydrogen (secondary N) is 1. The summed E-state index contributed by atoms with van der Waals surface area (Å²) in [5.74, 6) is -0.501. The van der Waals surface area contributed by atoms with Gasteiger partial charge in [-0.05, 0) is 48.0 Å². The Morgan fingerprint density at radius 1 is 1.42 bits per heavy atom. The molecular weight excluding hydrogens is 332 g/mol. The van der Waals surface area contributed by atoms with Crippen molar-refractivity contribution in [3.05, 3.63) is 22.7 Å². The first-order chi connectivity index (χ1) is 8.72. The second-order valence-electron chi connectivity index (χ2n) is 4.48. The second-order valence-corrected chi connectivity index (χ2v) is 7.41. The third-order valence-electron chi connectivity index (χ3n) is 2.34. The number of hydrogen-bond acceptors (Lipinski definition) is 4. The van der Waals surface area contributed by atoms with E-state index in [1.165, 1.54) is 18.2 Å². The first-order valence-corrected chi connectivity index (χ1v) is 8.24. The topological polar surface area (TPSA) is 89.3 Å². The summed E-state index contributed by atoms with van der Waals surface area (Å²) in [5.41, 5.74) is 6.03. The average Bonchev–Trinajstić information content (AvgIpc) is 2.25. The van der Waals surface area contributed by atoms with Crippen LogP contribution in [0.25, 0.3) is 0 Å². The van der Waals surface area contributed by atoms with Crippen molar-refractivity contribution < 1.29 is 13.2 Å². The summed E-state index contributed by atoms with van der Waals surface area (Å²) >= 11 is 3.17. The molecule has 7 heteroatoms. The van der Waals surface area contributed by atoms with Crippen molar-refractivity contribution in [1.29, 1.82) is 0 Å². The molecule has 19 heavy (non-hydrogen) atoms. The van der Waals surface area contributed by atoms with Gasteiger partial charge in [-0.15, -0.1) is 0 Å². The molecule has 0 atom stereocenters. The molecule has 0 saturated heterocycles. The lowest BCUT2D eigenvalue weighted by atomic mass is 10.3. The maximum atomic E-state index is 12.1. The van der Waals surface area contributed by atoms with Crippen molar-refractivity contribution in [2.75, 3.05) is 11.5 Å². The van der Waals surface area contributed by atoms with Crippen molar-refractivity contribution in [2.24, 2.45) is 0 Å². The van der Waals surface area contributed by atoms with Crippen LogP contribution in [-0.4, -0.2) is 26.1 Å². The lowest BCUT2D eigenvalue weighted by molar-refractivity contribution is -0.121. The highest BCUT2D eigenvalue weighted by molar-refractivity contribution is 9.10. The van der Waals surface area contributed by atoms with Gasteiger partial charge in [0.1, 0.15) is 0 Å². The van der Waals surface area contributed by atoms with Crippen LogP contribution < -0.4 is 11.1 Å². The quantitative estimate of drug-likeness (QED) is 0.792. The Morgan fingerprint density at radius 3 is 2.58 bits per heavy atom. The highest BCUT2D eigenvalue weighted by Crippen LogP contribution is 2.25. The summed E-state index contributed by atoms with van der Waals surface area (Å²) < 4.78 is 24.6. The van der Waals surface area contributed by atoms with Gasteiger partial charge in [-0.3, -0.25) is 4.79 Å². The van der Waals surface area contributed by atoms with E-state index in [-0.39, 0.29) is 29.0 Å². The molecule has 0 aromatic heterocycles. The first kappa shape index (κ1) is 16.0. The van der Waals surface area contributed by atoms with E-state index in [2.05, 4.69) is 21.2 Å². The largest absolute Gasteiger partial charge is 0.399 e. The fraction of sp³-hybridized carbons (Fsp3) is 0.417. The summed E-state index contributed by atoms with van der Waals surface area (Å²) in [6.45, 7) is 3.64. The zero-order valence-corrected chi connectivity index (χ0v) is 13.2. The van der Waals surface area contributed by atoms with E-state index in [1.807, 2.05) is 13.8 Å². The van der Waals surface area contributed by atoms with Crippen LogP contribution in [0.2, 0.25) is 0 Å². The molecule has 0 aliphatic heterocycles. The molecule has 0 fully saturated rings. The summed E-state index contributed by atoms with van der Waals surface area (Å²) in [5, 5.41) is 2.66. The number of amides is 1. The van der Waals surface area contributed by atoms with Crippen LogP contribution in [-0.2, 0) is 14.6 Å². The molecule has 0 aliphatic carbocycles. The van der Waals surface area contributed by atoms with Crippen LogP contribution in [0.4, 0.5) is 5.69 Å². The van der Waals surface area contributed by atoms with Crippen molar-refractivity contribution >= 4 is 37.4 Å². The van der Waals surface area contributed by atoms with Crippen molar-refractivity contribution in [3.8, 4) is 0 Å². The molecular formula is C12H17BrN2O3S. The van der Waals surface area contributed by atoms with Crippen LogP contribution in [0.1, 0.15) is 20.3 Å². The van der Waals surface area contributed by atoms with Gasteiger partial charge < -0.3 is 11.1 Å². The Labute approximate surface area is 121 Å². The molecule has 0 bridgehead atoms. The minimum Gasteiger partial charge on any atom is -0.399 e. The molecule has 0 spiro atoms. The van der Waals surface area contributed by atoms with Crippen molar-refractivity contribution in [2.45, 2.75) is 31.2 Å². The molecule has 1 aromatic carbocycles. The van der Waals surface area contributed by atoms with Gasteiger partial charge in [-0.2, -0.15) is 0 Å². The highest BCUT2D eigenvalue weighted by Gasteiger charge is 2.19. The number of rotatable bonds is 5. The Kier molecular flexibility index (Phi) is 5.37. The number of hydrogen-bond donors (Lipinski definition) is 2. The number of anilines is 1. The van der Waals surface area contributed by atoms with Gasteiger partial charge in [0.05, 0.1) is 10.6 Å². The molecule has 1 aromatic rings. The van der Waals surface area contributed by atoms with Crippen molar-refractivity contribution in [3.63, 3.8) is 0 Å². The smallest absolute Gasteiger partial charge is 0.221 e. The van der Waals surface area contributed by atoms with Crippen LogP contribution >= 0.6 is 15.9 Å². The number of carbonyl (C=O) groups excluding carboxylic acids is 1. The average molecular weight is 349 g/mol. The Balaban J connectivity index is 2.79. The molecule has 106 valence electrons. The lowest BCUT2D eigenvalue weighted by Gasteiger charge is -2.09. The molecule has 3 N–H and O–H groups in total. The molecule has 0 radical (unpaired) electrons. The summed E-state index contributed by atoms with van der Waals surface area (Å²) in [6, 6.07) is 4.49. The lowest BCUT2D eigenvalue weighted by Crippen LogP contribution is -2.31. The highest BCUT2D eigenvalue weighted by atomic mass is 79.9. The molecule has 1 rings (SSSR count). The molecule has 0 heterocycles. The molecule has 0 aliphatic rings. The van der Waals surface area contributed by atoms with Crippen LogP contribution in [0.15, 0.2) is 27.6 Å². The number of benzene rings is 1. The third-order valence-corrected chi connectivity index (χ3v) is 5.02. The molecule has 0 saturated carbocycles. The fourth-order valence-corrected chi connectivity index (χ4v) is 3.94. The second kappa shape index (κ2) is 6.38. The van der Waals surface area contributed by atoms with E-state index in [0.29, 0.717) is 10.2 Å². The molecule has 1 amide bonds. The fourth-order valence-electron chi connectivity index (χ4n) is 1.50. The SMILES string of the molecule is CC(C)NC(=O)CCS(=O)(=O)c1ccc(N)cc1Br. The van der Waals surface area contributed by atoms with E-state index in [9.17, 15) is 13.2 Å². The van der Waals surface area contributed by atoms with Gasteiger partial charge in [0.15, 0.2) is 9.84 Å². The van der Waals surface area contributed by atoms with Crippen molar-refractivity contribution in [1.82, 2.24) is 5.32 Å². The normalized spacial score (nSPS) is 11.6. The zero-order chi connectivity index (χ0) is 14.6. The van der Waals surface area contributed by atoms with Crippen LogP contribution in [0.3, 0.4) is 0 Å². The third kappa shape index (κ3) is 4.83. The number of nitrogens with two attached hydrogens (primary N) is 1. The Bertz CT molecular complexity index is 570.